The third-order valence-corrected chi connectivity index (χ3v) is 8.31. The number of rotatable bonds is 1. The van der Waals surface area contributed by atoms with Gasteiger partial charge in [-0.1, -0.05) is 84.9 Å². The molecule has 0 N–H and O–H groups in total. The van der Waals surface area contributed by atoms with Crippen LogP contribution in [0.1, 0.15) is 0 Å². The molecule has 8 rings (SSSR count). The lowest BCUT2D eigenvalue weighted by Gasteiger charge is -2.14. The SMILES string of the molecule is c1ccc2cc3c(cc2c1)sc1ccc(-c2ccc4ccc5cccc6ccc2c4c56)cc13. The zero-order chi connectivity index (χ0) is 21.5. The molecular formula is C32H18S. The average Bonchev–Trinajstić information content (AvgIpc) is 3.22. The van der Waals surface area contributed by atoms with E-state index in [9.17, 15) is 0 Å². The molecule has 0 atom stereocenters. The highest BCUT2D eigenvalue weighted by Gasteiger charge is 2.13. The maximum Gasteiger partial charge on any atom is 0.0361 e. The van der Waals surface area contributed by atoms with Crippen LogP contribution in [0.15, 0.2) is 109 Å². The highest BCUT2D eigenvalue weighted by Crippen LogP contribution is 2.42. The van der Waals surface area contributed by atoms with Gasteiger partial charge < -0.3 is 0 Å². The summed E-state index contributed by atoms with van der Waals surface area (Å²) >= 11 is 1.89. The summed E-state index contributed by atoms with van der Waals surface area (Å²) in [6, 6.07) is 40.6. The minimum atomic E-state index is 1.29. The van der Waals surface area contributed by atoms with Crippen LogP contribution in [0, 0.1) is 0 Å². The molecule has 0 unspecified atom stereocenters. The number of benzene rings is 7. The zero-order valence-corrected chi connectivity index (χ0v) is 18.6. The van der Waals surface area contributed by atoms with Gasteiger partial charge in [0.05, 0.1) is 0 Å². The molecule has 0 spiro atoms. The van der Waals surface area contributed by atoms with Crippen molar-refractivity contribution in [2.45, 2.75) is 0 Å². The first-order valence-electron chi connectivity index (χ1n) is 11.4. The molecule has 1 aromatic heterocycles. The summed E-state index contributed by atoms with van der Waals surface area (Å²) in [7, 11) is 0. The largest absolute Gasteiger partial charge is 0.135 e. The molecule has 152 valence electrons. The monoisotopic (exact) mass is 434 g/mol. The van der Waals surface area contributed by atoms with Crippen LogP contribution in [0.3, 0.4) is 0 Å². The maximum absolute atomic E-state index is 2.40. The van der Waals surface area contributed by atoms with Crippen molar-refractivity contribution in [3.8, 4) is 11.1 Å². The lowest BCUT2D eigenvalue weighted by molar-refractivity contribution is 1.72. The van der Waals surface area contributed by atoms with Gasteiger partial charge >= 0.3 is 0 Å². The molecule has 0 nitrogen and oxygen atoms in total. The summed E-state index contributed by atoms with van der Waals surface area (Å²) in [4.78, 5) is 0. The fourth-order valence-electron chi connectivity index (χ4n) is 5.62. The van der Waals surface area contributed by atoms with E-state index in [2.05, 4.69) is 109 Å². The predicted octanol–water partition coefficient (Wildman–Crippen LogP) is 9.77. The topological polar surface area (TPSA) is 0 Å². The Morgan fingerprint density at radius 3 is 1.91 bits per heavy atom. The van der Waals surface area contributed by atoms with Gasteiger partial charge in [0, 0.05) is 20.2 Å². The van der Waals surface area contributed by atoms with Gasteiger partial charge in [-0.05, 0) is 78.5 Å². The highest BCUT2D eigenvalue weighted by molar-refractivity contribution is 7.25. The molecule has 0 aliphatic carbocycles. The van der Waals surface area contributed by atoms with Crippen molar-refractivity contribution in [1.82, 2.24) is 0 Å². The molecule has 0 radical (unpaired) electrons. The van der Waals surface area contributed by atoms with Crippen molar-refractivity contribution in [2.75, 3.05) is 0 Å². The maximum atomic E-state index is 2.40. The first-order chi connectivity index (χ1) is 16.3. The Morgan fingerprint density at radius 2 is 1.06 bits per heavy atom. The molecule has 0 aliphatic rings. The van der Waals surface area contributed by atoms with E-state index in [0.717, 1.165) is 0 Å². The van der Waals surface area contributed by atoms with Crippen LogP contribution in [0.25, 0.3) is 74.4 Å². The molecule has 0 fully saturated rings. The molecule has 0 bridgehead atoms. The van der Waals surface area contributed by atoms with Crippen LogP contribution in [0.5, 0.6) is 0 Å². The van der Waals surface area contributed by atoms with Crippen molar-refractivity contribution in [3.63, 3.8) is 0 Å². The standard InChI is InChI=1S/C32H18S/c1-2-5-23-18-30-28(16-22(23)4-1)27-17-24(12-15-29(27)33-30)25-13-10-21-9-8-19-6-3-7-20-11-14-26(25)32(21)31(19)20/h1-18H. The van der Waals surface area contributed by atoms with E-state index in [4.69, 9.17) is 0 Å². The number of hydrogen-bond donors (Lipinski definition) is 0. The van der Waals surface area contributed by atoms with Gasteiger partial charge in [0.2, 0.25) is 0 Å². The van der Waals surface area contributed by atoms with Crippen LogP contribution < -0.4 is 0 Å². The van der Waals surface area contributed by atoms with Gasteiger partial charge in [0.25, 0.3) is 0 Å². The Bertz CT molecular complexity index is 2010. The number of fused-ring (bicyclic) bond motifs is 4. The zero-order valence-electron chi connectivity index (χ0n) is 17.8. The second kappa shape index (κ2) is 6.31. The van der Waals surface area contributed by atoms with Gasteiger partial charge in [-0.25, -0.2) is 0 Å². The first kappa shape index (κ1) is 17.6. The third kappa shape index (κ3) is 2.40. The minimum absolute atomic E-state index is 1.29. The second-order valence-corrected chi connectivity index (χ2v) is 10.1. The summed E-state index contributed by atoms with van der Waals surface area (Å²) in [5.41, 5.74) is 2.59. The summed E-state index contributed by atoms with van der Waals surface area (Å²) in [6.45, 7) is 0. The molecule has 8 aromatic rings. The predicted molar refractivity (Wildman–Crippen MR) is 146 cm³/mol. The molecule has 0 amide bonds. The molecule has 33 heavy (non-hydrogen) atoms. The van der Waals surface area contributed by atoms with Crippen LogP contribution in [0.4, 0.5) is 0 Å². The Balaban J connectivity index is 1.45. The van der Waals surface area contributed by atoms with E-state index in [0.29, 0.717) is 0 Å². The second-order valence-electron chi connectivity index (χ2n) is 8.98. The van der Waals surface area contributed by atoms with E-state index in [1.807, 2.05) is 11.3 Å². The van der Waals surface area contributed by atoms with E-state index >= 15 is 0 Å². The Labute approximate surface area is 194 Å². The first-order valence-corrected chi connectivity index (χ1v) is 12.2. The Hall–Kier alpha value is -3.94. The molecule has 1 heterocycles. The molecule has 0 saturated carbocycles. The van der Waals surface area contributed by atoms with Gasteiger partial charge in [-0.2, -0.15) is 0 Å². The molecule has 7 aromatic carbocycles. The highest BCUT2D eigenvalue weighted by atomic mass is 32.1. The summed E-state index contributed by atoms with van der Waals surface area (Å²) < 4.78 is 2.71. The van der Waals surface area contributed by atoms with Gasteiger partial charge in [0.15, 0.2) is 0 Å². The lowest BCUT2D eigenvalue weighted by atomic mass is 9.89. The normalized spacial score (nSPS) is 12.2. The van der Waals surface area contributed by atoms with E-state index in [1.165, 1.54) is 74.4 Å². The van der Waals surface area contributed by atoms with Crippen LogP contribution >= 0.6 is 11.3 Å². The van der Waals surface area contributed by atoms with Gasteiger partial charge in [-0.15, -0.1) is 11.3 Å². The van der Waals surface area contributed by atoms with Crippen LogP contribution in [0.2, 0.25) is 0 Å². The van der Waals surface area contributed by atoms with Gasteiger partial charge in [-0.3, -0.25) is 0 Å². The lowest BCUT2D eigenvalue weighted by Crippen LogP contribution is -1.87. The number of thiophene rings is 1. The summed E-state index contributed by atoms with van der Waals surface area (Å²) in [6.07, 6.45) is 0. The molecule has 0 aliphatic heterocycles. The number of hydrogen-bond acceptors (Lipinski definition) is 1. The molecule has 1 heteroatoms. The van der Waals surface area contributed by atoms with Crippen LogP contribution in [-0.2, 0) is 0 Å². The molecular weight excluding hydrogens is 416 g/mol. The van der Waals surface area contributed by atoms with Crippen molar-refractivity contribution >= 4 is 74.6 Å². The summed E-state index contributed by atoms with van der Waals surface area (Å²) in [5, 5.41) is 13.3. The van der Waals surface area contributed by atoms with Crippen LogP contribution in [-0.4, -0.2) is 0 Å². The van der Waals surface area contributed by atoms with E-state index in [1.54, 1.807) is 0 Å². The third-order valence-electron chi connectivity index (χ3n) is 7.18. The Morgan fingerprint density at radius 1 is 0.394 bits per heavy atom. The fourth-order valence-corrected chi connectivity index (χ4v) is 6.73. The summed E-state index contributed by atoms with van der Waals surface area (Å²) in [5.74, 6) is 0. The molecule has 0 saturated heterocycles. The van der Waals surface area contributed by atoms with E-state index < -0.39 is 0 Å². The van der Waals surface area contributed by atoms with Crippen molar-refractivity contribution in [2.24, 2.45) is 0 Å². The van der Waals surface area contributed by atoms with Crippen molar-refractivity contribution < 1.29 is 0 Å². The minimum Gasteiger partial charge on any atom is -0.135 e. The average molecular weight is 435 g/mol. The van der Waals surface area contributed by atoms with Crippen molar-refractivity contribution in [1.29, 1.82) is 0 Å². The quantitative estimate of drug-likeness (QED) is 0.226. The van der Waals surface area contributed by atoms with E-state index in [-0.39, 0.29) is 0 Å². The smallest absolute Gasteiger partial charge is 0.0361 e. The van der Waals surface area contributed by atoms with Gasteiger partial charge in [0.1, 0.15) is 0 Å². The fraction of sp³-hybridized carbons (Fsp3) is 0. The van der Waals surface area contributed by atoms with Crippen molar-refractivity contribution in [3.05, 3.63) is 109 Å². The Kier molecular flexibility index (Phi) is 3.37.